The first-order valence-corrected chi connectivity index (χ1v) is 7.36. The van der Waals surface area contributed by atoms with Crippen LogP contribution in [0.3, 0.4) is 0 Å². The van der Waals surface area contributed by atoms with Crippen molar-refractivity contribution in [1.82, 2.24) is 9.55 Å². The number of nitrogens with one attached hydrogen (secondary N) is 1. The lowest BCUT2D eigenvalue weighted by Gasteiger charge is -2.11. The summed E-state index contributed by atoms with van der Waals surface area (Å²) in [6.07, 6.45) is 5.62. The monoisotopic (exact) mass is 356 g/mol. The van der Waals surface area contributed by atoms with Gasteiger partial charge in [-0.3, -0.25) is 4.79 Å². The molecule has 0 unspecified atom stereocenters. The standard InChI is InChI=1S/C16H20N4O.2ClH/c1-11(17)16(21)18-13-7-5-12(6-8-13)14-10-20-9-3-2-4-15(20)19-14;;/h5-8,10-11H,2-4,9,17H2,1H3,(H,18,21);2*1H/t11-;;/m1../s1. The molecule has 1 amide bonds. The summed E-state index contributed by atoms with van der Waals surface area (Å²) in [5.41, 5.74) is 8.35. The van der Waals surface area contributed by atoms with Gasteiger partial charge < -0.3 is 15.6 Å². The van der Waals surface area contributed by atoms with Crippen LogP contribution in [-0.2, 0) is 17.8 Å². The molecule has 23 heavy (non-hydrogen) atoms. The first-order chi connectivity index (χ1) is 10.1. The predicted octanol–water partition coefficient (Wildman–Crippen LogP) is 3.02. The van der Waals surface area contributed by atoms with Crippen LogP contribution in [0.4, 0.5) is 5.69 Å². The first kappa shape index (κ1) is 19.5. The minimum absolute atomic E-state index is 0. The molecule has 3 rings (SSSR count). The molecule has 2 heterocycles. The number of carbonyl (C=O) groups is 1. The number of benzene rings is 1. The fourth-order valence-electron chi connectivity index (χ4n) is 2.53. The quantitative estimate of drug-likeness (QED) is 0.887. The number of aryl methyl sites for hydroxylation is 2. The zero-order valence-corrected chi connectivity index (χ0v) is 14.6. The molecule has 0 saturated heterocycles. The number of hydrogen-bond acceptors (Lipinski definition) is 3. The molecule has 0 aliphatic carbocycles. The highest BCUT2D eigenvalue weighted by molar-refractivity contribution is 5.94. The van der Waals surface area contributed by atoms with Crippen LogP contribution in [0, 0.1) is 0 Å². The summed E-state index contributed by atoms with van der Waals surface area (Å²) in [6.45, 7) is 2.73. The molecule has 0 bridgehead atoms. The van der Waals surface area contributed by atoms with Crippen LogP contribution in [0.5, 0.6) is 0 Å². The van der Waals surface area contributed by atoms with E-state index in [2.05, 4.69) is 16.1 Å². The molecule has 1 aliphatic rings. The summed E-state index contributed by atoms with van der Waals surface area (Å²) in [5, 5.41) is 2.78. The number of rotatable bonds is 3. The number of nitrogens with zero attached hydrogens (tertiary/aromatic N) is 2. The van der Waals surface area contributed by atoms with Gasteiger partial charge in [0.15, 0.2) is 0 Å². The Morgan fingerprint density at radius 2 is 1.96 bits per heavy atom. The molecule has 1 aromatic carbocycles. The zero-order valence-electron chi connectivity index (χ0n) is 13.0. The van der Waals surface area contributed by atoms with Gasteiger partial charge in [-0.15, -0.1) is 24.8 Å². The Morgan fingerprint density at radius 1 is 1.26 bits per heavy atom. The first-order valence-electron chi connectivity index (χ1n) is 7.36. The van der Waals surface area contributed by atoms with E-state index in [1.54, 1.807) is 6.92 Å². The molecule has 5 nitrogen and oxygen atoms in total. The second-order valence-electron chi connectivity index (χ2n) is 5.55. The molecule has 2 aromatic rings. The van der Waals surface area contributed by atoms with Gasteiger partial charge in [-0.1, -0.05) is 12.1 Å². The molecule has 0 saturated carbocycles. The van der Waals surface area contributed by atoms with Gasteiger partial charge >= 0.3 is 0 Å². The molecule has 1 aromatic heterocycles. The summed E-state index contributed by atoms with van der Waals surface area (Å²) >= 11 is 0. The van der Waals surface area contributed by atoms with Crippen LogP contribution in [0.25, 0.3) is 11.3 Å². The summed E-state index contributed by atoms with van der Waals surface area (Å²) in [5.74, 6) is 0.991. The van der Waals surface area contributed by atoms with E-state index in [0.29, 0.717) is 0 Å². The minimum atomic E-state index is -0.510. The van der Waals surface area contributed by atoms with E-state index in [9.17, 15) is 4.79 Å². The van der Waals surface area contributed by atoms with Crippen molar-refractivity contribution in [2.45, 2.75) is 38.8 Å². The second kappa shape index (κ2) is 8.34. The predicted molar refractivity (Wildman–Crippen MR) is 97.4 cm³/mol. The van der Waals surface area contributed by atoms with Crippen LogP contribution in [0.2, 0.25) is 0 Å². The Morgan fingerprint density at radius 3 is 2.57 bits per heavy atom. The molecule has 1 aliphatic heterocycles. The number of aromatic nitrogens is 2. The van der Waals surface area contributed by atoms with E-state index < -0.39 is 6.04 Å². The number of fused-ring (bicyclic) bond motifs is 1. The van der Waals surface area contributed by atoms with Crippen molar-refractivity contribution in [3.05, 3.63) is 36.3 Å². The largest absolute Gasteiger partial charge is 0.334 e. The smallest absolute Gasteiger partial charge is 0.240 e. The third-order valence-corrected chi connectivity index (χ3v) is 3.77. The number of amides is 1. The summed E-state index contributed by atoms with van der Waals surface area (Å²) in [4.78, 5) is 16.2. The van der Waals surface area contributed by atoms with Gasteiger partial charge in [0.2, 0.25) is 5.91 Å². The zero-order chi connectivity index (χ0) is 14.8. The van der Waals surface area contributed by atoms with Gasteiger partial charge in [-0.05, 0) is 31.9 Å². The van der Waals surface area contributed by atoms with Crippen molar-refractivity contribution in [3.63, 3.8) is 0 Å². The summed E-state index contributed by atoms with van der Waals surface area (Å²) in [7, 11) is 0. The highest BCUT2D eigenvalue weighted by atomic mass is 35.5. The average Bonchev–Trinajstić information content (AvgIpc) is 2.91. The molecule has 7 heteroatoms. The topological polar surface area (TPSA) is 72.9 Å². The maximum absolute atomic E-state index is 11.5. The highest BCUT2D eigenvalue weighted by Gasteiger charge is 2.13. The van der Waals surface area contributed by atoms with Gasteiger partial charge in [0.25, 0.3) is 0 Å². The van der Waals surface area contributed by atoms with Crippen LogP contribution in [0.15, 0.2) is 30.5 Å². The minimum Gasteiger partial charge on any atom is -0.334 e. The molecule has 3 N–H and O–H groups in total. The molecule has 126 valence electrons. The molecule has 0 spiro atoms. The number of nitrogens with two attached hydrogens (primary N) is 1. The fourth-order valence-corrected chi connectivity index (χ4v) is 2.53. The van der Waals surface area contributed by atoms with Crippen LogP contribution < -0.4 is 11.1 Å². The Hall–Kier alpha value is -1.56. The van der Waals surface area contributed by atoms with Crippen LogP contribution in [-0.4, -0.2) is 21.5 Å². The number of imidazole rings is 1. The molecule has 0 fully saturated rings. The van der Waals surface area contributed by atoms with Crippen molar-refractivity contribution in [2.24, 2.45) is 5.73 Å². The van der Waals surface area contributed by atoms with Gasteiger partial charge in [-0.25, -0.2) is 4.98 Å². The van der Waals surface area contributed by atoms with E-state index in [0.717, 1.165) is 29.9 Å². The van der Waals surface area contributed by atoms with Crippen molar-refractivity contribution in [3.8, 4) is 11.3 Å². The molecule has 1 atom stereocenters. The van der Waals surface area contributed by atoms with E-state index >= 15 is 0 Å². The lowest BCUT2D eigenvalue weighted by Crippen LogP contribution is -2.32. The van der Waals surface area contributed by atoms with E-state index in [1.807, 2.05) is 24.3 Å². The number of anilines is 1. The van der Waals surface area contributed by atoms with Gasteiger partial charge in [-0.2, -0.15) is 0 Å². The highest BCUT2D eigenvalue weighted by Crippen LogP contribution is 2.23. The van der Waals surface area contributed by atoms with Gasteiger partial charge in [0.05, 0.1) is 11.7 Å². The molecular weight excluding hydrogens is 335 g/mol. The maximum Gasteiger partial charge on any atom is 0.240 e. The Bertz CT molecular complexity index is 629. The molecule has 0 radical (unpaired) electrons. The van der Waals surface area contributed by atoms with E-state index in [-0.39, 0.29) is 30.7 Å². The van der Waals surface area contributed by atoms with Gasteiger partial charge in [0.1, 0.15) is 5.82 Å². The van der Waals surface area contributed by atoms with Crippen molar-refractivity contribution >= 4 is 36.4 Å². The third-order valence-electron chi connectivity index (χ3n) is 3.77. The Kier molecular flexibility index (Phi) is 7.06. The van der Waals surface area contributed by atoms with E-state index in [1.165, 1.54) is 18.7 Å². The van der Waals surface area contributed by atoms with Crippen molar-refractivity contribution in [1.29, 1.82) is 0 Å². The maximum atomic E-state index is 11.5. The second-order valence-corrected chi connectivity index (χ2v) is 5.55. The summed E-state index contributed by atoms with van der Waals surface area (Å²) in [6, 6.07) is 7.21. The van der Waals surface area contributed by atoms with Crippen LogP contribution >= 0.6 is 24.8 Å². The Balaban J connectivity index is 0.00000132. The lowest BCUT2D eigenvalue weighted by molar-refractivity contribution is -0.117. The normalized spacial score (nSPS) is 14.0. The van der Waals surface area contributed by atoms with Gasteiger partial charge in [0, 0.05) is 30.4 Å². The van der Waals surface area contributed by atoms with Crippen LogP contribution in [0.1, 0.15) is 25.6 Å². The third kappa shape index (κ3) is 4.47. The Labute approximate surface area is 148 Å². The fraction of sp³-hybridized carbons (Fsp3) is 0.375. The van der Waals surface area contributed by atoms with E-state index in [4.69, 9.17) is 10.7 Å². The number of hydrogen-bond donors (Lipinski definition) is 2. The van der Waals surface area contributed by atoms with Crippen molar-refractivity contribution in [2.75, 3.05) is 5.32 Å². The summed E-state index contributed by atoms with van der Waals surface area (Å²) < 4.78 is 2.24. The molecular formula is C16H22Cl2N4O. The number of carbonyl (C=O) groups excluding carboxylic acids is 1. The SMILES string of the molecule is C[C@@H](N)C(=O)Nc1ccc(-c2cn3c(n2)CCCC3)cc1.Cl.Cl. The average molecular weight is 357 g/mol. The van der Waals surface area contributed by atoms with Crippen molar-refractivity contribution < 1.29 is 4.79 Å². The lowest BCUT2D eigenvalue weighted by atomic mass is 10.1. The number of halogens is 2.